The Balaban J connectivity index is 2.46. The largest absolute Gasteiger partial charge is 0.278 e. The van der Waals surface area contributed by atoms with Crippen molar-refractivity contribution in [2.45, 2.75) is 0 Å². The molecule has 0 heterocycles. The predicted octanol–water partition coefficient (Wildman–Crippen LogP) is 2.33. The molecule has 0 unspecified atom stereocenters. The molecule has 2 radical (unpaired) electrons. The van der Waals surface area contributed by atoms with Crippen molar-refractivity contribution in [2.24, 2.45) is 0 Å². The van der Waals surface area contributed by atoms with Gasteiger partial charge < -0.3 is 0 Å². The standard InChI is InChI=1S/C15H12BNO/c1-2-15(18)17(13-6-4-3-5-7-13)14-10-8-12(16)9-11-14/h2-11H,1H2. The minimum atomic E-state index is -0.175. The van der Waals surface area contributed by atoms with Gasteiger partial charge in [0.25, 0.3) is 5.91 Å². The van der Waals surface area contributed by atoms with E-state index in [4.69, 9.17) is 7.85 Å². The van der Waals surface area contributed by atoms with Crippen LogP contribution in [0.2, 0.25) is 0 Å². The SMILES string of the molecule is [B]c1ccc(N(C(=O)C=C)c2ccccc2)cc1. The highest BCUT2D eigenvalue weighted by Crippen LogP contribution is 2.24. The minimum Gasteiger partial charge on any atom is -0.278 e. The molecule has 0 aromatic heterocycles. The number of nitrogens with zero attached hydrogens (tertiary/aromatic N) is 1. The fourth-order valence-electron chi connectivity index (χ4n) is 1.70. The van der Waals surface area contributed by atoms with Gasteiger partial charge in [-0.3, -0.25) is 9.69 Å². The lowest BCUT2D eigenvalue weighted by Crippen LogP contribution is -2.23. The lowest BCUT2D eigenvalue weighted by atomic mass is 9.96. The van der Waals surface area contributed by atoms with E-state index in [0.29, 0.717) is 5.46 Å². The van der Waals surface area contributed by atoms with Crippen molar-refractivity contribution in [1.82, 2.24) is 0 Å². The average molecular weight is 233 g/mol. The van der Waals surface area contributed by atoms with Crippen LogP contribution >= 0.6 is 0 Å². The van der Waals surface area contributed by atoms with Gasteiger partial charge in [-0.1, -0.05) is 42.4 Å². The van der Waals surface area contributed by atoms with Crippen LogP contribution in [0.5, 0.6) is 0 Å². The first-order valence-corrected chi connectivity index (χ1v) is 5.59. The molecule has 86 valence electrons. The Morgan fingerprint density at radius 2 is 1.56 bits per heavy atom. The van der Waals surface area contributed by atoms with E-state index in [-0.39, 0.29) is 5.91 Å². The minimum absolute atomic E-state index is 0.175. The number of rotatable bonds is 3. The monoisotopic (exact) mass is 233 g/mol. The summed E-state index contributed by atoms with van der Waals surface area (Å²) >= 11 is 0. The summed E-state index contributed by atoms with van der Waals surface area (Å²) in [6, 6.07) is 16.6. The van der Waals surface area contributed by atoms with Crippen molar-refractivity contribution in [3.63, 3.8) is 0 Å². The Bertz CT molecular complexity index is 548. The molecule has 0 saturated carbocycles. The number of amides is 1. The first-order valence-electron chi connectivity index (χ1n) is 5.59. The van der Waals surface area contributed by atoms with Crippen molar-refractivity contribution in [1.29, 1.82) is 0 Å². The lowest BCUT2D eigenvalue weighted by Gasteiger charge is -2.21. The maximum atomic E-state index is 12.0. The molecule has 18 heavy (non-hydrogen) atoms. The van der Waals surface area contributed by atoms with E-state index in [9.17, 15) is 4.79 Å². The van der Waals surface area contributed by atoms with Gasteiger partial charge in [-0.05, 0) is 30.3 Å². The molecule has 0 bridgehead atoms. The molecular weight excluding hydrogens is 221 g/mol. The zero-order chi connectivity index (χ0) is 13.0. The van der Waals surface area contributed by atoms with Gasteiger partial charge in [-0.15, -0.1) is 0 Å². The number of para-hydroxylation sites is 1. The van der Waals surface area contributed by atoms with E-state index in [1.165, 1.54) is 6.08 Å². The van der Waals surface area contributed by atoms with Crippen LogP contribution in [0.25, 0.3) is 0 Å². The van der Waals surface area contributed by atoms with Gasteiger partial charge in [-0.2, -0.15) is 0 Å². The van der Waals surface area contributed by atoms with Crippen LogP contribution in [0.3, 0.4) is 0 Å². The first kappa shape index (κ1) is 12.2. The molecule has 0 N–H and O–H groups in total. The van der Waals surface area contributed by atoms with E-state index < -0.39 is 0 Å². The Kier molecular flexibility index (Phi) is 3.63. The normalized spacial score (nSPS) is 9.78. The summed E-state index contributed by atoms with van der Waals surface area (Å²) in [6.07, 6.45) is 1.29. The summed E-state index contributed by atoms with van der Waals surface area (Å²) in [5, 5.41) is 0. The molecule has 2 aromatic rings. The second kappa shape index (κ2) is 5.36. The van der Waals surface area contributed by atoms with Crippen LogP contribution in [0.4, 0.5) is 11.4 Å². The molecule has 0 spiro atoms. The molecule has 0 saturated heterocycles. The average Bonchev–Trinajstić information content (AvgIpc) is 2.42. The maximum absolute atomic E-state index is 12.0. The number of carbonyl (C=O) groups excluding carboxylic acids is 1. The van der Waals surface area contributed by atoms with E-state index in [1.54, 1.807) is 17.0 Å². The molecule has 2 nitrogen and oxygen atoms in total. The van der Waals surface area contributed by atoms with Crippen LogP contribution in [0.1, 0.15) is 0 Å². The van der Waals surface area contributed by atoms with Crippen molar-refractivity contribution in [2.75, 3.05) is 4.90 Å². The van der Waals surface area contributed by atoms with Crippen LogP contribution < -0.4 is 10.4 Å². The van der Waals surface area contributed by atoms with Crippen molar-refractivity contribution in [3.05, 3.63) is 67.3 Å². The highest BCUT2D eigenvalue weighted by atomic mass is 16.2. The quantitative estimate of drug-likeness (QED) is 0.588. The van der Waals surface area contributed by atoms with E-state index >= 15 is 0 Å². The summed E-state index contributed by atoms with van der Waals surface area (Å²) in [6.45, 7) is 3.53. The topological polar surface area (TPSA) is 20.3 Å². The third kappa shape index (κ3) is 2.51. The number of anilines is 2. The molecule has 2 aromatic carbocycles. The molecule has 0 aliphatic rings. The fraction of sp³-hybridized carbons (Fsp3) is 0. The molecular formula is C15H12BNO. The van der Waals surface area contributed by atoms with Gasteiger partial charge in [0.15, 0.2) is 0 Å². The van der Waals surface area contributed by atoms with Gasteiger partial charge in [0.1, 0.15) is 7.85 Å². The Labute approximate surface area is 108 Å². The second-order valence-corrected chi connectivity index (χ2v) is 3.80. The van der Waals surface area contributed by atoms with Gasteiger partial charge in [0.05, 0.1) is 0 Å². The summed E-state index contributed by atoms with van der Waals surface area (Å²) < 4.78 is 0. The zero-order valence-electron chi connectivity index (χ0n) is 9.91. The van der Waals surface area contributed by atoms with Gasteiger partial charge in [0, 0.05) is 11.4 Å². The van der Waals surface area contributed by atoms with Gasteiger partial charge in [0.2, 0.25) is 0 Å². The smallest absolute Gasteiger partial charge is 0.254 e. The Hall–Kier alpha value is -2.29. The lowest BCUT2D eigenvalue weighted by molar-refractivity contribution is -0.113. The van der Waals surface area contributed by atoms with Crippen molar-refractivity contribution < 1.29 is 4.79 Å². The number of hydrogen-bond donors (Lipinski definition) is 0. The van der Waals surface area contributed by atoms with E-state index in [2.05, 4.69) is 6.58 Å². The number of benzene rings is 2. The molecule has 0 aliphatic heterocycles. The predicted molar refractivity (Wildman–Crippen MR) is 75.6 cm³/mol. The Morgan fingerprint density at radius 3 is 2.11 bits per heavy atom. The van der Waals surface area contributed by atoms with Crippen LogP contribution in [-0.2, 0) is 4.79 Å². The van der Waals surface area contributed by atoms with Crippen LogP contribution in [0, 0.1) is 0 Å². The van der Waals surface area contributed by atoms with E-state index in [1.807, 2.05) is 42.5 Å². The molecule has 0 atom stereocenters. The highest BCUT2D eigenvalue weighted by molar-refractivity contribution is 6.32. The Morgan fingerprint density at radius 1 is 1.00 bits per heavy atom. The summed E-state index contributed by atoms with van der Waals surface area (Å²) in [5.74, 6) is -0.175. The third-order valence-corrected chi connectivity index (χ3v) is 2.56. The number of carbonyl (C=O) groups is 1. The molecule has 3 heteroatoms. The van der Waals surface area contributed by atoms with Gasteiger partial charge >= 0.3 is 0 Å². The summed E-state index contributed by atoms with van der Waals surface area (Å²) in [5.41, 5.74) is 2.23. The van der Waals surface area contributed by atoms with Gasteiger partial charge in [-0.25, -0.2) is 0 Å². The van der Waals surface area contributed by atoms with Crippen LogP contribution in [0.15, 0.2) is 67.3 Å². The molecule has 0 aliphatic carbocycles. The second-order valence-electron chi connectivity index (χ2n) is 3.80. The summed E-state index contributed by atoms with van der Waals surface area (Å²) in [4.78, 5) is 13.6. The molecule has 1 amide bonds. The molecule has 2 rings (SSSR count). The first-order chi connectivity index (χ1) is 8.72. The molecule has 0 fully saturated rings. The highest BCUT2D eigenvalue weighted by Gasteiger charge is 2.14. The maximum Gasteiger partial charge on any atom is 0.254 e. The zero-order valence-corrected chi connectivity index (χ0v) is 9.91. The van der Waals surface area contributed by atoms with Crippen molar-refractivity contribution in [3.8, 4) is 0 Å². The third-order valence-electron chi connectivity index (χ3n) is 2.56. The van der Waals surface area contributed by atoms with Crippen LogP contribution in [-0.4, -0.2) is 13.8 Å². The number of hydrogen-bond acceptors (Lipinski definition) is 1. The van der Waals surface area contributed by atoms with Crippen molar-refractivity contribution >= 4 is 30.6 Å². The fourth-order valence-corrected chi connectivity index (χ4v) is 1.70. The van der Waals surface area contributed by atoms with E-state index in [0.717, 1.165) is 11.4 Å². The summed E-state index contributed by atoms with van der Waals surface area (Å²) in [7, 11) is 5.65.